The van der Waals surface area contributed by atoms with E-state index in [-0.39, 0.29) is 5.97 Å². The van der Waals surface area contributed by atoms with Crippen molar-refractivity contribution in [3.8, 4) is 22.6 Å². The Bertz CT molecular complexity index is 848. The number of hydrogen-bond acceptors (Lipinski definition) is 3. The summed E-state index contributed by atoms with van der Waals surface area (Å²) in [5, 5.41) is 0. The van der Waals surface area contributed by atoms with Crippen molar-refractivity contribution in [1.29, 1.82) is 0 Å². The van der Waals surface area contributed by atoms with Crippen LogP contribution in [0.4, 0.5) is 0 Å². The van der Waals surface area contributed by atoms with E-state index in [1.165, 1.54) is 13.2 Å². The van der Waals surface area contributed by atoms with Crippen LogP contribution in [0.25, 0.3) is 17.2 Å². The van der Waals surface area contributed by atoms with Crippen LogP contribution < -0.4 is 4.74 Å². The Hall–Kier alpha value is -3.33. The van der Waals surface area contributed by atoms with Gasteiger partial charge in [-0.1, -0.05) is 54.6 Å². The van der Waals surface area contributed by atoms with Crippen LogP contribution in [0.3, 0.4) is 0 Å². The van der Waals surface area contributed by atoms with E-state index in [2.05, 4.69) is 4.74 Å². The monoisotopic (exact) mass is 330 g/mol. The van der Waals surface area contributed by atoms with Crippen molar-refractivity contribution in [1.82, 2.24) is 0 Å². The molecule has 0 fully saturated rings. The molecule has 3 aromatic rings. The van der Waals surface area contributed by atoms with Crippen molar-refractivity contribution >= 4 is 12.0 Å². The maximum atomic E-state index is 11.1. The van der Waals surface area contributed by atoms with Crippen LogP contribution in [-0.4, -0.2) is 13.1 Å². The number of methoxy groups -OCH3 is 1. The first-order valence-corrected chi connectivity index (χ1v) is 7.94. The van der Waals surface area contributed by atoms with Crippen molar-refractivity contribution in [2.45, 2.75) is 0 Å². The molecular formula is C22H18O3. The molecule has 0 unspecified atom stereocenters. The minimum absolute atomic E-state index is 0.363. The van der Waals surface area contributed by atoms with Gasteiger partial charge in [0.05, 0.1) is 7.11 Å². The van der Waals surface area contributed by atoms with Gasteiger partial charge in [-0.05, 0) is 47.0 Å². The molecule has 0 aliphatic carbocycles. The lowest BCUT2D eigenvalue weighted by Gasteiger charge is -2.07. The Balaban J connectivity index is 1.70. The van der Waals surface area contributed by atoms with Crippen molar-refractivity contribution in [2.24, 2.45) is 0 Å². The van der Waals surface area contributed by atoms with Crippen LogP contribution in [0.5, 0.6) is 11.5 Å². The maximum absolute atomic E-state index is 11.1. The van der Waals surface area contributed by atoms with Gasteiger partial charge in [0.1, 0.15) is 11.5 Å². The van der Waals surface area contributed by atoms with Gasteiger partial charge in [-0.3, -0.25) is 0 Å². The van der Waals surface area contributed by atoms with Crippen LogP contribution in [0, 0.1) is 0 Å². The molecule has 0 heterocycles. The summed E-state index contributed by atoms with van der Waals surface area (Å²) in [5.41, 5.74) is 3.14. The number of ether oxygens (including phenoxy) is 2. The maximum Gasteiger partial charge on any atom is 0.330 e. The quantitative estimate of drug-likeness (QED) is 0.468. The van der Waals surface area contributed by atoms with Gasteiger partial charge in [-0.2, -0.15) is 0 Å². The highest BCUT2D eigenvalue weighted by Crippen LogP contribution is 2.26. The van der Waals surface area contributed by atoms with E-state index in [1.54, 1.807) is 6.08 Å². The zero-order chi connectivity index (χ0) is 17.5. The van der Waals surface area contributed by atoms with E-state index < -0.39 is 0 Å². The second kappa shape index (κ2) is 7.97. The molecule has 0 saturated carbocycles. The Morgan fingerprint density at radius 1 is 0.760 bits per heavy atom. The first-order chi connectivity index (χ1) is 12.2. The zero-order valence-electron chi connectivity index (χ0n) is 13.9. The molecular weight excluding hydrogens is 312 g/mol. The van der Waals surface area contributed by atoms with E-state index in [1.807, 2.05) is 78.9 Å². The lowest BCUT2D eigenvalue weighted by atomic mass is 10.0. The smallest absolute Gasteiger partial charge is 0.330 e. The van der Waals surface area contributed by atoms with Gasteiger partial charge >= 0.3 is 5.97 Å². The summed E-state index contributed by atoms with van der Waals surface area (Å²) in [6.45, 7) is 0. The number of para-hydroxylation sites is 1. The fraction of sp³-hybridized carbons (Fsp3) is 0.0455. The summed E-state index contributed by atoms with van der Waals surface area (Å²) < 4.78 is 10.4. The van der Waals surface area contributed by atoms with Gasteiger partial charge in [0, 0.05) is 6.08 Å². The highest BCUT2D eigenvalue weighted by atomic mass is 16.5. The topological polar surface area (TPSA) is 35.5 Å². The van der Waals surface area contributed by atoms with Crippen molar-refractivity contribution < 1.29 is 14.3 Å². The standard InChI is InChI=1S/C22H18O3/c1-24-22(23)16-9-17-7-10-18(11-8-17)19-12-14-21(15-13-19)25-20-5-3-2-4-6-20/h2-16H,1H3. The summed E-state index contributed by atoms with van der Waals surface area (Å²) in [7, 11) is 1.36. The molecule has 3 rings (SSSR count). The molecule has 124 valence electrons. The highest BCUT2D eigenvalue weighted by molar-refractivity contribution is 5.87. The summed E-state index contributed by atoms with van der Waals surface area (Å²) in [6.07, 6.45) is 3.14. The average Bonchev–Trinajstić information content (AvgIpc) is 2.68. The van der Waals surface area contributed by atoms with E-state index in [0.717, 1.165) is 28.2 Å². The number of rotatable bonds is 5. The molecule has 0 spiro atoms. The third-order valence-corrected chi connectivity index (χ3v) is 3.69. The third kappa shape index (κ3) is 4.58. The summed E-state index contributed by atoms with van der Waals surface area (Å²) in [5.74, 6) is 1.25. The van der Waals surface area contributed by atoms with Crippen LogP contribution >= 0.6 is 0 Å². The predicted molar refractivity (Wildman–Crippen MR) is 99.4 cm³/mol. The van der Waals surface area contributed by atoms with E-state index in [9.17, 15) is 4.79 Å². The predicted octanol–water partition coefficient (Wildman–Crippen LogP) is 5.33. The first-order valence-electron chi connectivity index (χ1n) is 7.94. The minimum atomic E-state index is -0.363. The second-order valence-corrected chi connectivity index (χ2v) is 5.42. The molecule has 0 aliphatic heterocycles. The molecule has 0 bridgehead atoms. The molecule has 0 saturated heterocycles. The van der Waals surface area contributed by atoms with Crippen molar-refractivity contribution in [3.63, 3.8) is 0 Å². The van der Waals surface area contributed by atoms with Crippen molar-refractivity contribution in [2.75, 3.05) is 7.11 Å². The number of carbonyl (C=O) groups is 1. The van der Waals surface area contributed by atoms with Crippen LogP contribution in [0.15, 0.2) is 84.9 Å². The molecule has 0 N–H and O–H groups in total. The Kier molecular flexibility index (Phi) is 5.27. The Morgan fingerprint density at radius 3 is 1.92 bits per heavy atom. The van der Waals surface area contributed by atoms with Gasteiger partial charge in [0.2, 0.25) is 0 Å². The molecule has 3 nitrogen and oxygen atoms in total. The summed E-state index contributed by atoms with van der Waals surface area (Å²) in [6, 6.07) is 25.6. The van der Waals surface area contributed by atoms with Crippen LogP contribution in [-0.2, 0) is 9.53 Å². The van der Waals surface area contributed by atoms with Crippen LogP contribution in [0.2, 0.25) is 0 Å². The molecule has 0 amide bonds. The Morgan fingerprint density at radius 2 is 1.32 bits per heavy atom. The number of benzene rings is 3. The molecule has 0 aromatic heterocycles. The number of esters is 1. The van der Waals surface area contributed by atoms with E-state index in [4.69, 9.17) is 4.74 Å². The fourth-order valence-corrected chi connectivity index (χ4v) is 2.36. The van der Waals surface area contributed by atoms with Gasteiger partial charge in [-0.15, -0.1) is 0 Å². The third-order valence-electron chi connectivity index (χ3n) is 3.69. The number of carbonyl (C=O) groups excluding carboxylic acids is 1. The normalized spacial score (nSPS) is 10.6. The van der Waals surface area contributed by atoms with E-state index in [0.29, 0.717) is 0 Å². The highest BCUT2D eigenvalue weighted by Gasteiger charge is 2.00. The summed E-state index contributed by atoms with van der Waals surface area (Å²) in [4.78, 5) is 11.1. The Labute approximate surface area is 147 Å². The zero-order valence-corrected chi connectivity index (χ0v) is 13.9. The average molecular weight is 330 g/mol. The molecule has 25 heavy (non-hydrogen) atoms. The molecule has 0 radical (unpaired) electrons. The van der Waals surface area contributed by atoms with Crippen LogP contribution in [0.1, 0.15) is 5.56 Å². The molecule has 0 aliphatic rings. The van der Waals surface area contributed by atoms with Gasteiger partial charge < -0.3 is 9.47 Å². The summed E-state index contributed by atoms with van der Waals surface area (Å²) >= 11 is 0. The second-order valence-electron chi connectivity index (χ2n) is 5.42. The first kappa shape index (κ1) is 16.5. The fourth-order valence-electron chi connectivity index (χ4n) is 2.36. The molecule has 0 atom stereocenters. The van der Waals surface area contributed by atoms with Gasteiger partial charge in [-0.25, -0.2) is 4.79 Å². The SMILES string of the molecule is COC(=O)C=Cc1ccc(-c2ccc(Oc3ccccc3)cc2)cc1. The van der Waals surface area contributed by atoms with E-state index >= 15 is 0 Å². The molecule has 3 aromatic carbocycles. The number of hydrogen-bond donors (Lipinski definition) is 0. The van der Waals surface area contributed by atoms with Gasteiger partial charge in [0.15, 0.2) is 0 Å². The van der Waals surface area contributed by atoms with Gasteiger partial charge in [0.25, 0.3) is 0 Å². The van der Waals surface area contributed by atoms with Crippen molar-refractivity contribution in [3.05, 3.63) is 90.5 Å². The lowest BCUT2D eigenvalue weighted by Crippen LogP contribution is -1.93. The molecule has 3 heteroatoms. The minimum Gasteiger partial charge on any atom is -0.466 e. The lowest BCUT2D eigenvalue weighted by molar-refractivity contribution is -0.134. The largest absolute Gasteiger partial charge is 0.466 e.